The summed E-state index contributed by atoms with van der Waals surface area (Å²) in [5.41, 5.74) is 1.11. The van der Waals surface area contributed by atoms with Crippen LogP contribution in [0.25, 0.3) is 0 Å². The van der Waals surface area contributed by atoms with E-state index in [9.17, 15) is 15.0 Å². The minimum atomic E-state index is -1.05. The Morgan fingerprint density at radius 2 is 1.24 bits per heavy atom. The van der Waals surface area contributed by atoms with Gasteiger partial charge in [-0.3, -0.25) is 4.79 Å². The normalized spacial score (nSPS) is 20.9. The van der Waals surface area contributed by atoms with Crippen molar-refractivity contribution in [3.8, 4) is 0 Å². The summed E-state index contributed by atoms with van der Waals surface area (Å²) in [7, 11) is 0. The number of allylic oxidation sites excluding steroid dienone is 2. The summed E-state index contributed by atoms with van der Waals surface area (Å²) in [5, 5.41) is 23.0. The molecule has 2 atom stereocenters. The molecule has 0 aromatic heterocycles. The van der Waals surface area contributed by atoms with Crippen molar-refractivity contribution in [1.82, 2.24) is 0 Å². The molecule has 0 fully saturated rings. The number of hydrogen-bond donors (Lipinski definition) is 2. The molecular weight excluding hydrogens is 508 g/mol. The molecule has 0 spiro atoms. The van der Waals surface area contributed by atoms with E-state index in [2.05, 4.69) is 62.3 Å². The molecule has 3 nitrogen and oxygen atoms in total. The number of carboxylic acid groups (broad SMARTS) is 1. The van der Waals surface area contributed by atoms with Gasteiger partial charge in [0.25, 0.3) is 0 Å². The molecule has 0 aliphatic heterocycles. The van der Waals surface area contributed by atoms with Crippen LogP contribution in [0, 0.1) is 16.7 Å². The molecule has 0 saturated carbocycles. The van der Waals surface area contributed by atoms with E-state index in [0.717, 1.165) is 46.8 Å². The summed E-state index contributed by atoms with van der Waals surface area (Å²) in [5.74, 6) is 1.14. The molecule has 0 aromatic carbocycles. The standard InChI is InChI=1S/C33H60O3S2/c1-10-13-15-17-19-21-23-37-29-27(32(7,8)9)28(34)26(31(4,5)6)25(12-3)33(29,30(35)36)38-24-22-20-18-16-14-11-2/h25,34H,10-24H2,1-9H3,(H,35,36). The van der Waals surface area contributed by atoms with E-state index >= 15 is 0 Å². The van der Waals surface area contributed by atoms with Crippen LogP contribution < -0.4 is 0 Å². The summed E-state index contributed by atoms with van der Waals surface area (Å²) in [4.78, 5) is 14.5. The fraction of sp³-hybridized carbons (Fsp3) is 0.848. The van der Waals surface area contributed by atoms with Crippen LogP contribution in [0.3, 0.4) is 0 Å². The van der Waals surface area contributed by atoms with Crippen molar-refractivity contribution in [2.45, 2.75) is 151 Å². The Morgan fingerprint density at radius 3 is 1.66 bits per heavy atom. The van der Waals surface area contributed by atoms with Gasteiger partial charge in [0.1, 0.15) is 5.76 Å². The van der Waals surface area contributed by atoms with Gasteiger partial charge in [-0.15, -0.1) is 23.5 Å². The number of thioether (sulfide) groups is 2. The van der Waals surface area contributed by atoms with Gasteiger partial charge in [0, 0.05) is 16.4 Å². The minimum Gasteiger partial charge on any atom is -0.508 e. The first kappa shape index (κ1) is 35.5. The highest BCUT2D eigenvalue weighted by molar-refractivity contribution is 8.07. The van der Waals surface area contributed by atoms with Crippen LogP contribution in [0.1, 0.15) is 146 Å². The van der Waals surface area contributed by atoms with Gasteiger partial charge in [0.05, 0.1) is 0 Å². The van der Waals surface area contributed by atoms with Gasteiger partial charge in [-0.1, -0.05) is 127 Å². The van der Waals surface area contributed by atoms with Gasteiger partial charge >= 0.3 is 5.97 Å². The van der Waals surface area contributed by atoms with Crippen molar-refractivity contribution in [2.75, 3.05) is 11.5 Å². The number of aliphatic hydroxyl groups excluding tert-OH is 1. The molecule has 0 amide bonds. The van der Waals surface area contributed by atoms with E-state index in [0.29, 0.717) is 12.2 Å². The van der Waals surface area contributed by atoms with E-state index in [-0.39, 0.29) is 16.7 Å². The highest BCUT2D eigenvalue weighted by Gasteiger charge is 2.57. The Balaban J connectivity index is 3.51. The predicted octanol–water partition coefficient (Wildman–Crippen LogP) is 11.2. The maximum Gasteiger partial charge on any atom is 0.325 e. The van der Waals surface area contributed by atoms with E-state index in [4.69, 9.17) is 0 Å². The van der Waals surface area contributed by atoms with E-state index < -0.39 is 10.7 Å². The molecule has 1 aliphatic rings. The lowest BCUT2D eigenvalue weighted by molar-refractivity contribution is -0.139. The van der Waals surface area contributed by atoms with Crippen molar-refractivity contribution >= 4 is 29.5 Å². The number of unbranched alkanes of at least 4 members (excludes halogenated alkanes) is 10. The largest absolute Gasteiger partial charge is 0.508 e. The smallest absolute Gasteiger partial charge is 0.325 e. The Bertz CT molecular complexity index is 785. The fourth-order valence-corrected chi connectivity index (χ4v) is 9.26. The lowest BCUT2D eigenvalue weighted by Gasteiger charge is -2.49. The highest BCUT2D eigenvalue weighted by atomic mass is 32.2. The second-order valence-corrected chi connectivity index (χ2v) is 15.6. The Morgan fingerprint density at radius 1 is 0.763 bits per heavy atom. The zero-order valence-electron chi connectivity index (χ0n) is 26.3. The molecule has 1 aliphatic carbocycles. The van der Waals surface area contributed by atoms with Crippen LogP contribution in [0.15, 0.2) is 21.8 Å². The van der Waals surface area contributed by atoms with Gasteiger partial charge in [0.2, 0.25) is 0 Å². The monoisotopic (exact) mass is 568 g/mol. The third-order valence-electron chi connectivity index (χ3n) is 7.75. The molecule has 38 heavy (non-hydrogen) atoms. The van der Waals surface area contributed by atoms with Crippen LogP contribution in [0.2, 0.25) is 0 Å². The molecule has 5 heteroatoms. The summed E-state index contributed by atoms with van der Waals surface area (Å²) in [6, 6.07) is 0. The molecule has 0 saturated heterocycles. The average molecular weight is 569 g/mol. The quantitative estimate of drug-likeness (QED) is 0.161. The van der Waals surface area contributed by atoms with Gasteiger partial charge in [-0.2, -0.15) is 0 Å². The van der Waals surface area contributed by atoms with Gasteiger partial charge < -0.3 is 10.2 Å². The third kappa shape index (κ3) is 9.53. The Labute approximate surface area is 244 Å². The van der Waals surface area contributed by atoms with E-state index in [1.54, 1.807) is 23.5 Å². The molecule has 2 unspecified atom stereocenters. The molecule has 0 heterocycles. The second-order valence-electron chi connectivity index (χ2n) is 13.2. The van der Waals surface area contributed by atoms with Crippen molar-refractivity contribution in [2.24, 2.45) is 16.7 Å². The molecule has 0 aromatic rings. The number of hydrogen-bond acceptors (Lipinski definition) is 4. The van der Waals surface area contributed by atoms with Crippen LogP contribution in [0.4, 0.5) is 0 Å². The number of carbonyl (C=O) groups is 1. The van der Waals surface area contributed by atoms with Gasteiger partial charge in [-0.05, 0) is 47.2 Å². The zero-order chi connectivity index (χ0) is 29.0. The molecule has 2 N–H and O–H groups in total. The molecular formula is C33H60O3S2. The Kier molecular flexibility index (Phi) is 15.5. The summed E-state index contributed by atoms with van der Waals surface area (Å²) in [6.07, 6.45) is 15.2. The lowest BCUT2D eigenvalue weighted by atomic mass is 9.64. The first-order valence-electron chi connectivity index (χ1n) is 15.5. The highest BCUT2D eigenvalue weighted by Crippen LogP contribution is 2.60. The van der Waals surface area contributed by atoms with Crippen molar-refractivity contribution in [3.63, 3.8) is 0 Å². The zero-order valence-corrected chi connectivity index (χ0v) is 27.9. The van der Waals surface area contributed by atoms with Crippen molar-refractivity contribution in [3.05, 3.63) is 21.8 Å². The maximum absolute atomic E-state index is 13.5. The maximum atomic E-state index is 13.5. The molecule has 0 radical (unpaired) electrons. The predicted molar refractivity (Wildman–Crippen MR) is 171 cm³/mol. The molecule has 222 valence electrons. The first-order valence-corrected chi connectivity index (χ1v) is 17.5. The van der Waals surface area contributed by atoms with Crippen LogP contribution in [-0.2, 0) is 4.79 Å². The topological polar surface area (TPSA) is 57.5 Å². The molecule has 0 bridgehead atoms. The average Bonchev–Trinajstić information content (AvgIpc) is 2.81. The Hall–Kier alpha value is -0.550. The molecule has 1 rings (SSSR count). The number of aliphatic carboxylic acids is 1. The third-order valence-corrected chi connectivity index (χ3v) is 10.8. The van der Waals surface area contributed by atoms with Gasteiger partial charge in [-0.25, -0.2) is 0 Å². The first-order chi connectivity index (χ1) is 17.8. The summed E-state index contributed by atoms with van der Waals surface area (Å²) in [6.45, 7) is 19.3. The van der Waals surface area contributed by atoms with E-state index in [1.807, 2.05) is 0 Å². The van der Waals surface area contributed by atoms with Crippen LogP contribution in [-0.4, -0.2) is 32.4 Å². The minimum absolute atomic E-state index is 0.233. The fourth-order valence-electron chi connectivity index (χ4n) is 5.85. The van der Waals surface area contributed by atoms with Gasteiger partial charge in [0.15, 0.2) is 4.75 Å². The number of carboxylic acids is 1. The summed E-state index contributed by atoms with van der Waals surface area (Å²) < 4.78 is -1.05. The van der Waals surface area contributed by atoms with Crippen LogP contribution >= 0.6 is 23.5 Å². The van der Waals surface area contributed by atoms with Crippen molar-refractivity contribution < 1.29 is 15.0 Å². The SMILES string of the molecule is CCCCCCCCSC1=C(C(C)(C)C)C(O)=C(C(C)(C)C)C(CC)C1(SCCCCCCCC)C(=O)O. The van der Waals surface area contributed by atoms with E-state index in [1.165, 1.54) is 57.8 Å². The lowest BCUT2D eigenvalue weighted by Crippen LogP contribution is -2.50. The van der Waals surface area contributed by atoms with Crippen molar-refractivity contribution in [1.29, 1.82) is 0 Å². The number of aliphatic hydroxyl groups is 1. The number of rotatable bonds is 18. The van der Waals surface area contributed by atoms with Crippen LogP contribution in [0.5, 0.6) is 0 Å². The summed E-state index contributed by atoms with van der Waals surface area (Å²) >= 11 is 3.38. The second kappa shape index (κ2) is 16.7.